The number of anilines is 2. The third kappa shape index (κ3) is 5.86. The molecule has 4 nitrogen and oxygen atoms in total. The molecule has 0 radical (unpaired) electrons. The van der Waals surface area contributed by atoms with Crippen LogP contribution in [0.25, 0.3) is 11.1 Å². The van der Waals surface area contributed by atoms with Crippen molar-refractivity contribution < 1.29 is 17.6 Å². The summed E-state index contributed by atoms with van der Waals surface area (Å²) in [5.74, 6) is -0.285. The van der Waals surface area contributed by atoms with Crippen molar-refractivity contribution in [1.82, 2.24) is 9.88 Å². The van der Waals surface area contributed by atoms with Crippen LogP contribution < -0.4 is 10.6 Å². The SMILES string of the molecule is Nc1c(-c2ccc(F)cc2)ccnc1CCCCN1CCN(c2cccc(C(F)(F)F)c2)CC1. The number of rotatable bonds is 7. The van der Waals surface area contributed by atoms with E-state index in [0.29, 0.717) is 24.5 Å². The standard InChI is InChI=1S/C26H28F4N4/c27-21-9-7-19(8-10-21)23-11-12-32-24(25(23)31)6-1-2-13-33-14-16-34(17-15-33)22-5-3-4-20(18-22)26(28,29)30/h3-5,7-12,18H,1-2,6,13-17,31H2. The van der Waals surface area contributed by atoms with Gasteiger partial charge in [0.2, 0.25) is 0 Å². The fourth-order valence-corrected chi connectivity index (χ4v) is 4.33. The van der Waals surface area contributed by atoms with Crippen LogP contribution in [0, 0.1) is 5.82 Å². The van der Waals surface area contributed by atoms with Crippen molar-refractivity contribution in [2.24, 2.45) is 0 Å². The number of pyridine rings is 1. The molecule has 0 amide bonds. The van der Waals surface area contributed by atoms with Gasteiger partial charge in [0.15, 0.2) is 0 Å². The van der Waals surface area contributed by atoms with Crippen LogP contribution in [0.4, 0.5) is 28.9 Å². The Morgan fingerprint density at radius 2 is 1.65 bits per heavy atom. The molecule has 34 heavy (non-hydrogen) atoms. The molecule has 3 aromatic rings. The van der Waals surface area contributed by atoms with Crippen molar-refractivity contribution in [1.29, 1.82) is 0 Å². The predicted octanol–water partition coefficient (Wildman–Crippen LogP) is 5.63. The van der Waals surface area contributed by atoms with Crippen LogP contribution in [-0.2, 0) is 12.6 Å². The van der Waals surface area contributed by atoms with E-state index in [1.165, 1.54) is 24.3 Å². The molecule has 0 aliphatic carbocycles. The number of halogens is 4. The van der Waals surface area contributed by atoms with Crippen molar-refractivity contribution >= 4 is 11.4 Å². The summed E-state index contributed by atoms with van der Waals surface area (Å²) in [4.78, 5) is 8.79. The summed E-state index contributed by atoms with van der Waals surface area (Å²) >= 11 is 0. The van der Waals surface area contributed by atoms with Crippen LogP contribution in [-0.4, -0.2) is 42.6 Å². The van der Waals surface area contributed by atoms with E-state index in [0.717, 1.165) is 61.8 Å². The number of nitrogens with two attached hydrogens (primary N) is 1. The second kappa shape index (κ2) is 10.4. The average molecular weight is 473 g/mol. The molecule has 1 aromatic heterocycles. The van der Waals surface area contributed by atoms with Gasteiger partial charge >= 0.3 is 6.18 Å². The van der Waals surface area contributed by atoms with Crippen LogP contribution in [0.2, 0.25) is 0 Å². The van der Waals surface area contributed by atoms with E-state index < -0.39 is 11.7 Å². The Balaban J connectivity index is 1.24. The molecule has 1 fully saturated rings. The normalized spacial score (nSPS) is 15.0. The summed E-state index contributed by atoms with van der Waals surface area (Å²) in [7, 11) is 0. The summed E-state index contributed by atoms with van der Waals surface area (Å²) in [6.07, 6.45) is 0.0699. The lowest BCUT2D eigenvalue weighted by Gasteiger charge is -2.36. The maximum Gasteiger partial charge on any atom is 0.416 e. The number of nitrogens with zero attached hydrogens (tertiary/aromatic N) is 3. The first-order valence-corrected chi connectivity index (χ1v) is 11.4. The molecule has 2 aromatic carbocycles. The number of hydrogen-bond donors (Lipinski definition) is 1. The zero-order valence-corrected chi connectivity index (χ0v) is 18.9. The van der Waals surface area contributed by atoms with Gasteiger partial charge in [-0.05, 0) is 67.8 Å². The summed E-state index contributed by atoms with van der Waals surface area (Å²) < 4.78 is 52.2. The highest BCUT2D eigenvalue weighted by atomic mass is 19.4. The van der Waals surface area contributed by atoms with E-state index in [4.69, 9.17) is 5.73 Å². The minimum atomic E-state index is -4.32. The molecular formula is C26H28F4N4. The topological polar surface area (TPSA) is 45.4 Å². The molecule has 1 aliphatic heterocycles. The highest BCUT2D eigenvalue weighted by Crippen LogP contribution is 2.32. The molecule has 0 atom stereocenters. The Labute approximate surface area is 197 Å². The van der Waals surface area contributed by atoms with Crippen molar-refractivity contribution in [3.8, 4) is 11.1 Å². The summed E-state index contributed by atoms with van der Waals surface area (Å²) in [5.41, 5.74) is 9.55. The molecule has 1 saturated heterocycles. The van der Waals surface area contributed by atoms with E-state index in [9.17, 15) is 17.6 Å². The molecule has 0 saturated carbocycles. The van der Waals surface area contributed by atoms with Crippen LogP contribution in [0.5, 0.6) is 0 Å². The van der Waals surface area contributed by atoms with Crippen molar-refractivity contribution in [3.05, 3.63) is 77.9 Å². The maximum atomic E-state index is 13.2. The monoisotopic (exact) mass is 472 g/mol. The number of aromatic nitrogens is 1. The Hall–Kier alpha value is -3.13. The number of nitrogen functional groups attached to an aromatic ring is 1. The summed E-state index contributed by atoms with van der Waals surface area (Å²) in [5, 5.41) is 0. The average Bonchev–Trinajstić information content (AvgIpc) is 2.83. The van der Waals surface area contributed by atoms with Crippen molar-refractivity contribution in [2.45, 2.75) is 25.4 Å². The number of unbranched alkanes of at least 4 members (excludes halogenated alkanes) is 1. The largest absolute Gasteiger partial charge is 0.416 e. The first-order valence-electron chi connectivity index (χ1n) is 11.4. The quantitative estimate of drug-likeness (QED) is 0.357. The highest BCUT2D eigenvalue weighted by Gasteiger charge is 2.31. The number of hydrogen-bond acceptors (Lipinski definition) is 4. The Bertz CT molecular complexity index is 1090. The third-order valence-electron chi connectivity index (χ3n) is 6.28. The smallest absolute Gasteiger partial charge is 0.397 e. The van der Waals surface area contributed by atoms with Gasteiger partial charge in [0.25, 0.3) is 0 Å². The molecule has 180 valence electrons. The van der Waals surface area contributed by atoms with Crippen molar-refractivity contribution in [3.63, 3.8) is 0 Å². The zero-order valence-electron chi connectivity index (χ0n) is 18.9. The van der Waals surface area contributed by atoms with Gasteiger partial charge in [0, 0.05) is 43.6 Å². The number of piperazine rings is 1. The lowest BCUT2D eigenvalue weighted by molar-refractivity contribution is -0.137. The zero-order chi connectivity index (χ0) is 24.1. The first kappa shape index (κ1) is 24.0. The van der Waals surface area contributed by atoms with Gasteiger partial charge < -0.3 is 10.6 Å². The molecule has 1 aliphatic rings. The summed E-state index contributed by atoms with van der Waals surface area (Å²) in [6, 6.07) is 13.6. The van der Waals surface area contributed by atoms with Gasteiger partial charge in [-0.15, -0.1) is 0 Å². The third-order valence-corrected chi connectivity index (χ3v) is 6.28. The maximum absolute atomic E-state index is 13.2. The molecular weight excluding hydrogens is 444 g/mol. The van der Waals surface area contributed by atoms with Crippen LogP contribution in [0.15, 0.2) is 60.8 Å². The highest BCUT2D eigenvalue weighted by molar-refractivity contribution is 5.77. The van der Waals surface area contributed by atoms with Crippen molar-refractivity contribution in [2.75, 3.05) is 43.4 Å². The Morgan fingerprint density at radius 1 is 0.912 bits per heavy atom. The Kier molecular flexibility index (Phi) is 7.36. The first-order chi connectivity index (χ1) is 16.3. The van der Waals surface area contributed by atoms with Gasteiger partial charge in [-0.2, -0.15) is 13.2 Å². The number of benzene rings is 2. The van der Waals surface area contributed by atoms with Crippen LogP contribution in [0.3, 0.4) is 0 Å². The van der Waals surface area contributed by atoms with E-state index in [1.54, 1.807) is 24.4 Å². The summed E-state index contributed by atoms with van der Waals surface area (Å²) in [6.45, 7) is 3.96. The molecule has 8 heteroatoms. The fraction of sp³-hybridized carbons (Fsp3) is 0.346. The van der Waals surface area contributed by atoms with E-state index in [1.807, 2.05) is 11.0 Å². The lowest BCUT2D eigenvalue weighted by atomic mass is 10.0. The number of aryl methyl sites for hydroxylation is 1. The second-order valence-corrected chi connectivity index (χ2v) is 8.56. The molecule has 0 bridgehead atoms. The molecule has 2 heterocycles. The van der Waals surface area contributed by atoms with Crippen LogP contribution in [0.1, 0.15) is 24.1 Å². The minimum Gasteiger partial charge on any atom is -0.397 e. The van der Waals surface area contributed by atoms with Gasteiger partial charge in [0.1, 0.15) is 5.82 Å². The van der Waals surface area contributed by atoms with E-state index >= 15 is 0 Å². The molecule has 0 unspecified atom stereocenters. The lowest BCUT2D eigenvalue weighted by Crippen LogP contribution is -2.46. The van der Waals surface area contributed by atoms with E-state index in [-0.39, 0.29) is 5.82 Å². The fourth-order valence-electron chi connectivity index (χ4n) is 4.33. The Morgan fingerprint density at radius 3 is 2.35 bits per heavy atom. The van der Waals surface area contributed by atoms with Crippen LogP contribution >= 0.6 is 0 Å². The van der Waals surface area contributed by atoms with Gasteiger partial charge in [-0.1, -0.05) is 18.2 Å². The van der Waals surface area contributed by atoms with Gasteiger partial charge in [-0.25, -0.2) is 4.39 Å². The second-order valence-electron chi connectivity index (χ2n) is 8.56. The molecule has 4 rings (SSSR count). The molecule has 2 N–H and O–H groups in total. The number of alkyl halides is 3. The minimum absolute atomic E-state index is 0.285. The van der Waals surface area contributed by atoms with Gasteiger partial charge in [-0.3, -0.25) is 9.88 Å². The molecule has 0 spiro atoms. The predicted molar refractivity (Wildman–Crippen MR) is 127 cm³/mol. The van der Waals surface area contributed by atoms with Gasteiger partial charge in [0.05, 0.1) is 16.9 Å². The van der Waals surface area contributed by atoms with E-state index in [2.05, 4.69) is 9.88 Å².